The molecule has 1 spiro atoms. The van der Waals surface area contributed by atoms with Gasteiger partial charge < -0.3 is 26.2 Å². The van der Waals surface area contributed by atoms with E-state index in [1.807, 2.05) is 26.8 Å². The second kappa shape index (κ2) is 11.1. The minimum atomic E-state index is -1.32. The number of aliphatic hydroxyl groups excluding tert-OH is 2. The van der Waals surface area contributed by atoms with Gasteiger partial charge in [-0.05, 0) is 60.1 Å². The lowest BCUT2D eigenvalue weighted by Crippen LogP contribution is -2.49. The average Bonchev–Trinajstić information content (AvgIpc) is 3.29. The fourth-order valence-electron chi connectivity index (χ4n) is 5.90. The van der Waals surface area contributed by atoms with Crippen LogP contribution in [0.5, 0.6) is 0 Å². The highest BCUT2D eigenvalue weighted by molar-refractivity contribution is 6.31. The number of carbonyl (C=O) groups excluding carboxylic acids is 2. The van der Waals surface area contributed by atoms with Crippen LogP contribution in [0.4, 0.5) is 10.1 Å². The Labute approximate surface area is 232 Å². The first-order chi connectivity index (χ1) is 17.9. The maximum absolute atomic E-state index is 14.9. The lowest BCUT2D eigenvalue weighted by atomic mass is 9.62. The minimum Gasteiger partial charge on any atom is -0.396 e. The summed E-state index contributed by atoms with van der Waals surface area (Å²) >= 11 is 12.4. The fourth-order valence-corrected chi connectivity index (χ4v) is 6.26. The molecular formula is C28H34Cl2FN3O4. The Hall–Kier alpha value is -2.23. The van der Waals surface area contributed by atoms with Crippen LogP contribution in [0.2, 0.25) is 10.0 Å². The number of fused-ring (bicyclic) bond motifs is 2. The van der Waals surface area contributed by atoms with E-state index in [9.17, 15) is 19.1 Å². The van der Waals surface area contributed by atoms with Gasteiger partial charge in [-0.25, -0.2) is 4.39 Å². The molecule has 1 saturated heterocycles. The fraction of sp³-hybridized carbons (Fsp3) is 0.500. The normalized spacial score (nSPS) is 25.4. The number of rotatable bonds is 8. The highest BCUT2D eigenvalue weighted by atomic mass is 35.5. The number of aliphatic hydroxyl groups is 2. The zero-order valence-corrected chi connectivity index (χ0v) is 23.2. The van der Waals surface area contributed by atoms with Crippen LogP contribution in [0.15, 0.2) is 36.4 Å². The summed E-state index contributed by atoms with van der Waals surface area (Å²) in [5.74, 6) is -2.06. The van der Waals surface area contributed by atoms with Crippen molar-refractivity contribution in [3.63, 3.8) is 0 Å². The number of hydrogen-bond donors (Lipinski definition) is 5. The van der Waals surface area contributed by atoms with Gasteiger partial charge >= 0.3 is 0 Å². The third-order valence-electron chi connectivity index (χ3n) is 7.43. The van der Waals surface area contributed by atoms with Gasteiger partial charge in [0.15, 0.2) is 0 Å². The molecule has 4 rings (SSSR count). The van der Waals surface area contributed by atoms with Crippen LogP contribution >= 0.6 is 23.2 Å². The maximum atomic E-state index is 14.9. The second-order valence-electron chi connectivity index (χ2n) is 11.4. The number of amides is 2. The van der Waals surface area contributed by atoms with Crippen molar-refractivity contribution in [3.8, 4) is 0 Å². The van der Waals surface area contributed by atoms with Crippen LogP contribution < -0.4 is 16.0 Å². The molecule has 2 aromatic carbocycles. The average molecular weight is 567 g/mol. The van der Waals surface area contributed by atoms with Crippen LogP contribution in [0.25, 0.3) is 0 Å². The molecule has 7 nitrogen and oxygen atoms in total. The van der Waals surface area contributed by atoms with Crippen molar-refractivity contribution in [1.29, 1.82) is 0 Å². The Kier molecular flexibility index (Phi) is 8.40. The molecule has 206 valence electrons. The summed E-state index contributed by atoms with van der Waals surface area (Å²) < 4.78 is 14.9. The number of anilines is 1. The predicted molar refractivity (Wildman–Crippen MR) is 146 cm³/mol. The molecule has 1 unspecified atom stereocenters. The van der Waals surface area contributed by atoms with Gasteiger partial charge in [0.2, 0.25) is 11.8 Å². The molecule has 0 aromatic heterocycles. The largest absolute Gasteiger partial charge is 0.396 e. The van der Waals surface area contributed by atoms with Crippen LogP contribution in [0.3, 0.4) is 0 Å². The number of halogens is 3. The quantitative estimate of drug-likeness (QED) is 0.330. The number of nitrogens with one attached hydrogen (secondary N) is 3. The topological polar surface area (TPSA) is 111 Å². The molecule has 2 amide bonds. The summed E-state index contributed by atoms with van der Waals surface area (Å²) in [6.07, 6.45) is 0.246. The van der Waals surface area contributed by atoms with E-state index in [0.29, 0.717) is 28.3 Å². The van der Waals surface area contributed by atoms with Gasteiger partial charge in [-0.2, -0.15) is 0 Å². The number of carbonyl (C=O) groups is 2. The smallest absolute Gasteiger partial charge is 0.237 e. The highest BCUT2D eigenvalue weighted by Crippen LogP contribution is 2.57. The standard InChI is InChI=1S/C28H34Cl2FN3O4/c1-27(2,3)14-22-28(18-12-20(31)19(30)13-21(18)33-26(28)38)23(15-5-4-6-16(29)11-15)24(34-22)25(37)32-9-7-17(36)8-10-35/h4-6,11-13,17,22-24,34-36H,7-10,14H2,1-3H3,(H,32,37)(H,33,38)/t17-,22+,23-,24?,28-/m0/s1. The summed E-state index contributed by atoms with van der Waals surface area (Å²) in [5.41, 5.74) is -0.0265. The monoisotopic (exact) mass is 565 g/mol. The Morgan fingerprint density at radius 2 is 1.95 bits per heavy atom. The van der Waals surface area contributed by atoms with Crippen LogP contribution in [0.1, 0.15) is 57.1 Å². The lowest BCUT2D eigenvalue weighted by molar-refractivity contribution is -0.123. The zero-order valence-electron chi connectivity index (χ0n) is 21.7. The van der Waals surface area contributed by atoms with Crippen LogP contribution in [-0.4, -0.2) is 53.4 Å². The first kappa shape index (κ1) is 28.8. The van der Waals surface area contributed by atoms with E-state index in [-0.39, 0.29) is 48.2 Å². The van der Waals surface area contributed by atoms with Crippen molar-refractivity contribution < 1.29 is 24.2 Å². The van der Waals surface area contributed by atoms with Gasteiger partial charge in [-0.15, -0.1) is 0 Å². The minimum absolute atomic E-state index is 0.102. The molecule has 2 heterocycles. The first-order valence-electron chi connectivity index (χ1n) is 12.8. The van der Waals surface area contributed by atoms with Crippen molar-refractivity contribution in [2.24, 2.45) is 5.41 Å². The van der Waals surface area contributed by atoms with Gasteiger partial charge in [0.25, 0.3) is 0 Å². The van der Waals surface area contributed by atoms with Gasteiger partial charge in [0.1, 0.15) is 11.2 Å². The van der Waals surface area contributed by atoms with E-state index in [1.165, 1.54) is 12.1 Å². The van der Waals surface area contributed by atoms with E-state index < -0.39 is 35.3 Å². The van der Waals surface area contributed by atoms with Gasteiger partial charge in [-0.3, -0.25) is 9.59 Å². The van der Waals surface area contributed by atoms with Crippen LogP contribution in [-0.2, 0) is 15.0 Å². The van der Waals surface area contributed by atoms with Crippen molar-refractivity contribution in [3.05, 3.63) is 63.4 Å². The number of benzene rings is 2. The summed E-state index contributed by atoms with van der Waals surface area (Å²) in [5, 5.41) is 28.6. The van der Waals surface area contributed by atoms with E-state index in [1.54, 1.807) is 18.2 Å². The SMILES string of the molecule is CC(C)(C)C[C@H]1NC(C(=O)NCC[C@H](O)CCO)[C@H](c2cccc(Cl)c2)[C@@]12C(=O)Nc1cc(Cl)c(F)cc12. The molecule has 2 aliphatic heterocycles. The zero-order chi connectivity index (χ0) is 27.8. The third kappa shape index (κ3) is 5.42. The van der Waals surface area contributed by atoms with E-state index in [0.717, 1.165) is 0 Å². The Balaban J connectivity index is 1.85. The van der Waals surface area contributed by atoms with Crippen molar-refractivity contribution >= 4 is 40.7 Å². The first-order valence-corrected chi connectivity index (χ1v) is 13.5. The van der Waals surface area contributed by atoms with E-state index in [4.69, 9.17) is 28.3 Å². The Morgan fingerprint density at radius 1 is 1.21 bits per heavy atom. The second-order valence-corrected chi connectivity index (χ2v) is 12.2. The van der Waals surface area contributed by atoms with Crippen molar-refractivity contribution in [2.75, 3.05) is 18.5 Å². The molecule has 0 bridgehead atoms. The van der Waals surface area contributed by atoms with Crippen LogP contribution in [0, 0.1) is 11.2 Å². The molecule has 0 aliphatic carbocycles. The lowest BCUT2D eigenvalue weighted by Gasteiger charge is -2.37. The van der Waals surface area contributed by atoms with Gasteiger partial charge in [-0.1, -0.05) is 56.1 Å². The van der Waals surface area contributed by atoms with Gasteiger partial charge in [0, 0.05) is 35.8 Å². The third-order valence-corrected chi connectivity index (χ3v) is 7.95. The summed E-state index contributed by atoms with van der Waals surface area (Å²) in [4.78, 5) is 27.7. The van der Waals surface area contributed by atoms with Crippen molar-refractivity contribution in [2.45, 2.75) is 69.6 Å². The molecule has 5 atom stereocenters. The molecule has 0 radical (unpaired) electrons. The molecule has 10 heteroatoms. The van der Waals surface area contributed by atoms with Gasteiger partial charge in [0.05, 0.1) is 17.2 Å². The molecule has 2 aliphatic rings. The highest BCUT2D eigenvalue weighted by Gasteiger charge is 2.65. The van der Waals surface area contributed by atoms with Crippen molar-refractivity contribution in [1.82, 2.24) is 10.6 Å². The van der Waals surface area contributed by atoms with E-state index >= 15 is 0 Å². The summed E-state index contributed by atoms with van der Waals surface area (Å²) in [6, 6.07) is 8.37. The molecule has 0 saturated carbocycles. The summed E-state index contributed by atoms with van der Waals surface area (Å²) in [6.45, 7) is 6.17. The molecule has 5 N–H and O–H groups in total. The summed E-state index contributed by atoms with van der Waals surface area (Å²) in [7, 11) is 0. The Morgan fingerprint density at radius 3 is 2.61 bits per heavy atom. The van der Waals surface area contributed by atoms with E-state index in [2.05, 4.69) is 16.0 Å². The molecule has 38 heavy (non-hydrogen) atoms. The maximum Gasteiger partial charge on any atom is 0.237 e. The molecular weight excluding hydrogens is 532 g/mol. The predicted octanol–water partition coefficient (Wildman–Crippen LogP) is 4.13. The number of hydrogen-bond acceptors (Lipinski definition) is 5. The molecule has 2 aromatic rings. The molecule has 1 fully saturated rings. The Bertz CT molecular complexity index is 1220.